The summed E-state index contributed by atoms with van der Waals surface area (Å²) < 4.78 is 5.26. The summed E-state index contributed by atoms with van der Waals surface area (Å²) in [4.78, 5) is 17.8. The molecule has 0 saturated carbocycles. The number of ether oxygens (including phenoxy) is 1. The van der Waals surface area contributed by atoms with Crippen molar-refractivity contribution in [1.29, 1.82) is 0 Å². The summed E-state index contributed by atoms with van der Waals surface area (Å²) in [6, 6.07) is 11.9. The lowest BCUT2D eigenvalue weighted by atomic mass is 10.1. The van der Waals surface area contributed by atoms with E-state index in [1.165, 1.54) is 0 Å². The molecule has 0 radical (unpaired) electrons. The van der Waals surface area contributed by atoms with Gasteiger partial charge in [-0.05, 0) is 29.8 Å². The van der Waals surface area contributed by atoms with Crippen LogP contribution < -0.4 is 10.1 Å². The fourth-order valence-electron chi connectivity index (χ4n) is 2.82. The van der Waals surface area contributed by atoms with Crippen LogP contribution >= 0.6 is 0 Å². The Morgan fingerprint density at radius 3 is 2.54 bits per heavy atom. The fraction of sp³-hybridized carbons (Fsp3) is 0.100. The number of methoxy groups -OCH3 is 1. The van der Waals surface area contributed by atoms with Crippen molar-refractivity contribution >= 4 is 16.7 Å². The molecular formula is C20H17N5O. The normalized spacial score (nSPS) is 10.7. The summed E-state index contributed by atoms with van der Waals surface area (Å²) in [5, 5.41) is 4.11. The number of aromatic nitrogens is 4. The van der Waals surface area contributed by atoms with Crippen LogP contribution in [0.15, 0.2) is 61.2 Å². The molecule has 6 heteroatoms. The molecule has 0 amide bonds. The quantitative estimate of drug-likeness (QED) is 0.607. The van der Waals surface area contributed by atoms with Crippen LogP contribution in [0, 0.1) is 0 Å². The van der Waals surface area contributed by atoms with E-state index in [0.717, 1.165) is 33.4 Å². The first-order chi connectivity index (χ1) is 12.8. The predicted molar refractivity (Wildman–Crippen MR) is 102 cm³/mol. The van der Waals surface area contributed by atoms with Crippen LogP contribution in [-0.4, -0.2) is 34.1 Å². The van der Waals surface area contributed by atoms with Crippen LogP contribution in [0.2, 0.25) is 0 Å². The second-order valence-corrected chi connectivity index (χ2v) is 5.73. The van der Waals surface area contributed by atoms with Crippen molar-refractivity contribution in [1.82, 2.24) is 19.9 Å². The first-order valence-corrected chi connectivity index (χ1v) is 8.18. The Morgan fingerprint density at radius 2 is 1.77 bits per heavy atom. The molecule has 0 atom stereocenters. The van der Waals surface area contributed by atoms with E-state index in [9.17, 15) is 0 Å². The summed E-state index contributed by atoms with van der Waals surface area (Å²) >= 11 is 0. The number of anilines is 1. The zero-order valence-corrected chi connectivity index (χ0v) is 14.5. The van der Waals surface area contributed by atoms with E-state index in [2.05, 4.69) is 26.3 Å². The predicted octanol–water partition coefficient (Wildman–Crippen LogP) is 3.80. The van der Waals surface area contributed by atoms with Crippen molar-refractivity contribution in [2.45, 2.75) is 0 Å². The van der Waals surface area contributed by atoms with Crippen LogP contribution in [-0.2, 0) is 0 Å². The van der Waals surface area contributed by atoms with Crippen LogP contribution in [0.1, 0.15) is 0 Å². The molecule has 0 aliphatic rings. The Bertz CT molecular complexity index is 1070. The second kappa shape index (κ2) is 6.76. The van der Waals surface area contributed by atoms with Crippen molar-refractivity contribution in [2.24, 2.45) is 0 Å². The largest absolute Gasteiger partial charge is 0.495 e. The molecule has 26 heavy (non-hydrogen) atoms. The molecule has 0 spiro atoms. The molecule has 0 fully saturated rings. The number of nitrogens with one attached hydrogen (secondary N) is 1. The van der Waals surface area contributed by atoms with Gasteiger partial charge in [0.05, 0.1) is 18.8 Å². The van der Waals surface area contributed by atoms with E-state index in [1.54, 1.807) is 25.7 Å². The lowest BCUT2D eigenvalue weighted by Crippen LogP contribution is -1.99. The highest BCUT2D eigenvalue weighted by Crippen LogP contribution is 2.29. The lowest BCUT2D eigenvalue weighted by Gasteiger charge is -2.10. The van der Waals surface area contributed by atoms with Crippen molar-refractivity contribution in [3.05, 3.63) is 61.2 Å². The monoisotopic (exact) mass is 343 g/mol. The summed E-state index contributed by atoms with van der Waals surface area (Å²) in [5.41, 5.74) is 3.75. The van der Waals surface area contributed by atoms with E-state index in [-0.39, 0.29) is 0 Å². The van der Waals surface area contributed by atoms with Gasteiger partial charge in [0.15, 0.2) is 5.82 Å². The number of rotatable bonds is 4. The van der Waals surface area contributed by atoms with E-state index in [4.69, 9.17) is 9.72 Å². The molecule has 3 aromatic heterocycles. The number of pyridine rings is 2. The Hall–Kier alpha value is -3.54. The minimum Gasteiger partial charge on any atom is -0.495 e. The molecule has 4 aromatic rings. The average Bonchev–Trinajstić information content (AvgIpc) is 2.73. The number of nitrogens with zero attached hydrogens (tertiary/aromatic N) is 4. The lowest BCUT2D eigenvalue weighted by molar-refractivity contribution is 0.413. The first kappa shape index (κ1) is 16.0. The zero-order chi connectivity index (χ0) is 17.9. The fourth-order valence-corrected chi connectivity index (χ4v) is 2.82. The minimum absolute atomic E-state index is 0.594. The number of fused-ring (bicyclic) bond motifs is 1. The second-order valence-electron chi connectivity index (χ2n) is 5.73. The van der Waals surface area contributed by atoms with Gasteiger partial charge in [-0.25, -0.2) is 9.97 Å². The Balaban J connectivity index is 1.89. The average molecular weight is 343 g/mol. The van der Waals surface area contributed by atoms with Crippen LogP contribution in [0.3, 0.4) is 0 Å². The summed E-state index contributed by atoms with van der Waals surface area (Å²) in [5.74, 6) is 2.03. The van der Waals surface area contributed by atoms with Gasteiger partial charge in [-0.1, -0.05) is 12.1 Å². The molecule has 3 heterocycles. The molecule has 0 unspecified atom stereocenters. The third kappa shape index (κ3) is 2.93. The van der Waals surface area contributed by atoms with E-state index in [0.29, 0.717) is 11.6 Å². The first-order valence-electron chi connectivity index (χ1n) is 8.18. The van der Waals surface area contributed by atoms with Crippen LogP contribution in [0.25, 0.3) is 33.4 Å². The Morgan fingerprint density at radius 1 is 0.885 bits per heavy atom. The maximum absolute atomic E-state index is 5.26. The Labute approximate surface area is 150 Å². The molecule has 1 aromatic carbocycles. The van der Waals surface area contributed by atoms with Crippen LogP contribution in [0.5, 0.6) is 5.75 Å². The highest BCUT2D eigenvalue weighted by molar-refractivity contribution is 5.93. The van der Waals surface area contributed by atoms with Gasteiger partial charge in [0.25, 0.3) is 0 Å². The van der Waals surface area contributed by atoms with Gasteiger partial charge in [-0.15, -0.1) is 0 Å². The minimum atomic E-state index is 0.594. The van der Waals surface area contributed by atoms with E-state index in [1.807, 2.05) is 43.6 Å². The third-order valence-corrected chi connectivity index (χ3v) is 4.14. The van der Waals surface area contributed by atoms with E-state index < -0.39 is 0 Å². The maximum Gasteiger partial charge on any atom is 0.163 e. The van der Waals surface area contributed by atoms with Crippen molar-refractivity contribution < 1.29 is 4.74 Å². The molecule has 6 nitrogen and oxygen atoms in total. The summed E-state index contributed by atoms with van der Waals surface area (Å²) in [6.07, 6.45) is 6.99. The summed E-state index contributed by atoms with van der Waals surface area (Å²) in [6.45, 7) is 0. The topological polar surface area (TPSA) is 72.8 Å². The van der Waals surface area contributed by atoms with Crippen molar-refractivity contribution in [2.75, 3.05) is 19.5 Å². The van der Waals surface area contributed by atoms with Crippen molar-refractivity contribution in [3.8, 4) is 28.3 Å². The highest BCUT2D eigenvalue weighted by Gasteiger charge is 2.11. The molecule has 4 rings (SSSR count). The maximum atomic E-state index is 5.26. The third-order valence-electron chi connectivity index (χ3n) is 4.14. The molecule has 128 valence electrons. The summed E-state index contributed by atoms with van der Waals surface area (Å²) in [7, 11) is 3.46. The van der Waals surface area contributed by atoms with Gasteiger partial charge in [0.1, 0.15) is 11.6 Å². The molecule has 0 aliphatic carbocycles. The highest BCUT2D eigenvalue weighted by atomic mass is 16.5. The molecule has 0 bridgehead atoms. The Kier molecular flexibility index (Phi) is 4.15. The molecular weight excluding hydrogens is 326 g/mol. The molecule has 0 aliphatic heterocycles. The molecule has 0 saturated heterocycles. The van der Waals surface area contributed by atoms with Crippen molar-refractivity contribution in [3.63, 3.8) is 0 Å². The van der Waals surface area contributed by atoms with E-state index >= 15 is 0 Å². The number of benzene rings is 1. The van der Waals surface area contributed by atoms with Crippen LogP contribution in [0.4, 0.5) is 5.82 Å². The van der Waals surface area contributed by atoms with Gasteiger partial charge in [0.2, 0.25) is 0 Å². The van der Waals surface area contributed by atoms with Gasteiger partial charge in [-0.2, -0.15) is 0 Å². The van der Waals surface area contributed by atoms with Gasteiger partial charge < -0.3 is 10.1 Å². The van der Waals surface area contributed by atoms with Gasteiger partial charge in [0, 0.05) is 42.2 Å². The zero-order valence-electron chi connectivity index (χ0n) is 14.5. The smallest absolute Gasteiger partial charge is 0.163 e. The number of hydrogen-bond acceptors (Lipinski definition) is 6. The van der Waals surface area contributed by atoms with Gasteiger partial charge in [-0.3, -0.25) is 9.97 Å². The number of hydrogen-bond donors (Lipinski definition) is 1. The standard InChI is InChI=1S/C20H17N5O/c1-21-20-17-6-5-13(14-4-3-7-22-10-14)9-18(17)24-19(25-20)15-8-16(26-2)12-23-11-15/h3-12H,1-2H3,(H,21,24,25). The SMILES string of the molecule is CNc1nc(-c2cncc(OC)c2)nc2cc(-c3cccnc3)ccc12. The van der Waals surface area contributed by atoms with Gasteiger partial charge >= 0.3 is 0 Å². The molecule has 1 N–H and O–H groups in total.